The van der Waals surface area contributed by atoms with E-state index in [1.807, 2.05) is 0 Å². The van der Waals surface area contributed by atoms with Gasteiger partial charge in [0.25, 0.3) is 11.6 Å². The van der Waals surface area contributed by atoms with Gasteiger partial charge < -0.3 is 20.4 Å². The van der Waals surface area contributed by atoms with Crippen LogP contribution >= 0.6 is 0 Å². The molecule has 0 spiro atoms. The first-order valence-corrected chi connectivity index (χ1v) is 4.93. The number of primary amides is 1. The number of ether oxygens (including phenoxy) is 1. The number of hydrogen-bond donors (Lipinski definition) is 2. The van der Waals surface area contributed by atoms with E-state index in [0.29, 0.717) is 0 Å². The Morgan fingerprint density at radius 2 is 2.28 bits per heavy atom. The molecule has 0 aliphatic carbocycles. The summed E-state index contributed by atoms with van der Waals surface area (Å²) in [4.78, 5) is 31.8. The molecular weight excluding hydrogens is 244 g/mol. The predicted octanol–water partition coefficient (Wildman–Crippen LogP) is -0.242. The second-order valence-corrected chi connectivity index (χ2v) is 3.37. The summed E-state index contributed by atoms with van der Waals surface area (Å²) in [5.41, 5.74) is 4.70. The van der Waals surface area contributed by atoms with E-state index in [2.05, 4.69) is 10.1 Å². The minimum absolute atomic E-state index is 0.0619. The standard InChI is InChI=1S/C9H12N4O5/c1-12-5-6(13(16)17)4-7(12)8(14)11-2-3-18-9(10)15/h4-5H,2-3H2,1H3,(H2,10,15)(H,11,14). The molecule has 0 unspecified atom stereocenters. The average molecular weight is 256 g/mol. The molecule has 9 nitrogen and oxygen atoms in total. The van der Waals surface area contributed by atoms with Crippen molar-refractivity contribution in [2.24, 2.45) is 12.8 Å². The zero-order valence-electron chi connectivity index (χ0n) is 9.58. The maximum Gasteiger partial charge on any atom is 0.404 e. The number of carbonyl (C=O) groups excluding carboxylic acids is 2. The van der Waals surface area contributed by atoms with Gasteiger partial charge >= 0.3 is 6.09 Å². The highest BCUT2D eigenvalue weighted by molar-refractivity contribution is 5.93. The normalized spacial score (nSPS) is 9.83. The van der Waals surface area contributed by atoms with Gasteiger partial charge in [0.05, 0.1) is 17.7 Å². The number of aromatic nitrogens is 1. The Bertz CT molecular complexity index is 481. The first kappa shape index (κ1) is 13.5. The second-order valence-electron chi connectivity index (χ2n) is 3.37. The summed E-state index contributed by atoms with van der Waals surface area (Å²) in [6.07, 6.45) is 0.299. The predicted molar refractivity (Wildman–Crippen MR) is 59.9 cm³/mol. The van der Waals surface area contributed by atoms with Crippen molar-refractivity contribution in [2.75, 3.05) is 13.2 Å². The molecule has 18 heavy (non-hydrogen) atoms. The molecule has 0 fully saturated rings. The fourth-order valence-electron chi connectivity index (χ4n) is 1.28. The fraction of sp³-hybridized carbons (Fsp3) is 0.333. The quantitative estimate of drug-likeness (QED) is 0.426. The summed E-state index contributed by atoms with van der Waals surface area (Å²) in [6, 6.07) is 1.16. The first-order valence-electron chi connectivity index (χ1n) is 4.93. The van der Waals surface area contributed by atoms with Crippen molar-refractivity contribution in [2.45, 2.75) is 0 Å². The molecule has 3 N–H and O–H groups in total. The summed E-state index contributed by atoms with van der Waals surface area (Å²) in [5, 5.41) is 12.9. The molecule has 0 aliphatic rings. The lowest BCUT2D eigenvalue weighted by molar-refractivity contribution is -0.384. The Morgan fingerprint density at radius 3 is 2.78 bits per heavy atom. The molecule has 1 aromatic heterocycles. The van der Waals surface area contributed by atoms with Crippen LogP contribution in [0.3, 0.4) is 0 Å². The third-order valence-corrected chi connectivity index (χ3v) is 2.07. The van der Waals surface area contributed by atoms with Gasteiger partial charge in [0.2, 0.25) is 0 Å². The molecule has 0 saturated carbocycles. The minimum Gasteiger partial charge on any atom is -0.448 e. The van der Waals surface area contributed by atoms with Gasteiger partial charge in [0.15, 0.2) is 0 Å². The van der Waals surface area contributed by atoms with Crippen LogP contribution in [0.4, 0.5) is 10.5 Å². The van der Waals surface area contributed by atoms with Gasteiger partial charge in [-0.3, -0.25) is 14.9 Å². The van der Waals surface area contributed by atoms with Crippen LogP contribution in [-0.4, -0.2) is 34.6 Å². The smallest absolute Gasteiger partial charge is 0.404 e. The van der Waals surface area contributed by atoms with Gasteiger partial charge in [0, 0.05) is 13.1 Å². The molecule has 0 aromatic carbocycles. The van der Waals surface area contributed by atoms with E-state index in [0.717, 1.165) is 6.07 Å². The van der Waals surface area contributed by atoms with Gasteiger partial charge in [-0.15, -0.1) is 0 Å². The average Bonchev–Trinajstić information content (AvgIpc) is 2.66. The molecule has 1 heterocycles. The summed E-state index contributed by atoms with van der Waals surface area (Å²) in [7, 11) is 1.52. The van der Waals surface area contributed by atoms with Crippen molar-refractivity contribution in [1.82, 2.24) is 9.88 Å². The maximum absolute atomic E-state index is 11.6. The number of aryl methyl sites for hydroxylation is 1. The third-order valence-electron chi connectivity index (χ3n) is 2.07. The fourth-order valence-corrected chi connectivity index (χ4v) is 1.28. The Morgan fingerprint density at radius 1 is 1.61 bits per heavy atom. The Labute approximate surface area is 102 Å². The van der Waals surface area contributed by atoms with Gasteiger partial charge in [-0.25, -0.2) is 4.79 Å². The largest absolute Gasteiger partial charge is 0.448 e. The molecule has 0 saturated heterocycles. The van der Waals surface area contributed by atoms with Crippen LogP contribution in [0.15, 0.2) is 12.3 Å². The van der Waals surface area contributed by atoms with Gasteiger partial charge in [0.1, 0.15) is 12.3 Å². The zero-order valence-corrected chi connectivity index (χ0v) is 9.58. The summed E-state index contributed by atoms with van der Waals surface area (Å²) in [6.45, 7) is 0.00827. The summed E-state index contributed by atoms with van der Waals surface area (Å²) >= 11 is 0. The summed E-state index contributed by atoms with van der Waals surface area (Å²) in [5.74, 6) is -0.501. The van der Waals surface area contributed by atoms with Crippen LogP contribution in [0.25, 0.3) is 0 Å². The number of carbonyl (C=O) groups is 2. The van der Waals surface area contributed by atoms with Crippen molar-refractivity contribution >= 4 is 17.7 Å². The van der Waals surface area contributed by atoms with Crippen molar-refractivity contribution in [3.8, 4) is 0 Å². The lowest BCUT2D eigenvalue weighted by Crippen LogP contribution is -2.30. The van der Waals surface area contributed by atoms with Crippen LogP contribution in [0, 0.1) is 10.1 Å². The Hall–Kier alpha value is -2.58. The summed E-state index contributed by atoms with van der Waals surface area (Å²) < 4.78 is 5.75. The van der Waals surface area contributed by atoms with E-state index in [1.165, 1.54) is 17.8 Å². The van der Waals surface area contributed by atoms with E-state index in [-0.39, 0.29) is 24.5 Å². The lowest BCUT2D eigenvalue weighted by atomic mass is 10.4. The van der Waals surface area contributed by atoms with Crippen LogP contribution in [0.1, 0.15) is 10.5 Å². The highest BCUT2D eigenvalue weighted by atomic mass is 16.6. The van der Waals surface area contributed by atoms with Crippen LogP contribution in [0.5, 0.6) is 0 Å². The second kappa shape index (κ2) is 5.66. The molecule has 2 amide bonds. The molecule has 0 bridgehead atoms. The van der Waals surface area contributed by atoms with Crippen LogP contribution < -0.4 is 11.1 Å². The van der Waals surface area contributed by atoms with Crippen LogP contribution in [-0.2, 0) is 11.8 Å². The van der Waals surface area contributed by atoms with E-state index >= 15 is 0 Å². The van der Waals surface area contributed by atoms with Crippen molar-refractivity contribution in [3.05, 3.63) is 28.1 Å². The Kier molecular flexibility index (Phi) is 4.24. The first-order chi connectivity index (χ1) is 8.41. The number of hydrogen-bond acceptors (Lipinski definition) is 5. The topological polar surface area (TPSA) is 129 Å². The highest BCUT2D eigenvalue weighted by Crippen LogP contribution is 2.14. The molecule has 0 radical (unpaired) electrons. The number of nitro groups is 1. The molecule has 1 aromatic rings. The lowest BCUT2D eigenvalue weighted by Gasteiger charge is -2.05. The van der Waals surface area contributed by atoms with Gasteiger partial charge in [-0.2, -0.15) is 0 Å². The van der Waals surface area contributed by atoms with Gasteiger partial charge in [-0.1, -0.05) is 0 Å². The molecule has 0 aliphatic heterocycles. The third kappa shape index (κ3) is 3.47. The van der Waals surface area contributed by atoms with Gasteiger partial charge in [-0.05, 0) is 0 Å². The molecule has 9 heteroatoms. The number of nitrogens with zero attached hydrogens (tertiary/aromatic N) is 2. The highest BCUT2D eigenvalue weighted by Gasteiger charge is 2.17. The van der Waals surface area contributed by atoms with Crippen molar-refractivity contribution in [3.63, 3.8) is 0 Å². The van der Waals surface area contributed by atoms with E-state index in [1.54, 1.807) is 0 Å². The Balaban J connectivity index is 2.56. The van der Waals surface area contributed by atoms with Crippen molar-refractivity contribution < 1.29 is 19.2 Å². The number of nitrogens with two attached hydrogens (primary N) is 1. The molecular formula is C9H12N4O5. The number of rotatable bonds is 5. The van der Waals surface area contributed by atoms with Crippen LogP contribution in [0.2, 0.25) is 0 Å². The SMILES string of the molecule is Cn1cc([N+](=O)[O-])cc1C(=O)NCCOC(N)=O. The molecule has 98 valence electrons. The molecule has 1 rings (SSSR count). The van der Waals surface area contributed by atoms with E-state index in [9.17, 15) is 19.7 Å². The monoisotopic (exact) mass is 256 g/mol. The van der Waals surface area contributed by atoms with E-state index < -0.39 is 16.9 Å². The molecule has 0 atom stereocenters. The number of amides is 2. The number of nitrogens with one attached hydrogen (secondary N) is 1. The zero-order chi connectivity index (χ0) is 13.7. The minimum atomic E-state index is -0.932. The van der Waals surface area contributed by atoms with Crippen molar-refractivity contribution in [1.29, 1.82) is 0 Å². The van der Waals surface area contributed by atoms with E-state index in [4.69, 9.17) is 5.73 Å². The maximum atomic E-state index is 11.6.